The molecule has 0 unspecified atom stereocenters. The molecule has 0 aromatic rings. The number of carbonyl (C=O) groups is 1. The van der Waals surface area contributed by atoms with Gasteiger partial charge in [0, 0.05) is 32.7 Å². The van der Waals surface area contributed by atoms with Gasteiger partial charge in [0.05, 0.1) is 6.54 Å². The number of halogens is 2. The number of urea groups is 1. The first kappa shape index (κ1) is 17.1. The van der Waals surface area contributed by atoms with Crippen molar-refractivity contribution in [1.29, 1.82) is 0 Å². The number of nitrogens with one attached hydrogen (secondary N) is 1. The Morgan fingerprint density at radius 3 is 2.50 bits per heavy atom. The van der Waals surface area contributed by atoms with Crippen molar-refractivity contribution < 1.29 is 13.6 Å². The summed E-state index contributed by atoms with van der Waals surface area (Å²) >= 11 is 0. The summed E-state index contributed by atoms with van der Waals surface area (Å²) in [4.78, 5) is 15.5. The first-order chi connectivity index (χ1) is 9.42. The highest BCUT2D eigenvalue weighted by Crippen LogP contribution is 2.12. The van der Waals surface area contributed by atoms with Gasteiger partial charge in [0.25, 0.3) is 6.43 Å². The molecule has 2 amide bonds. The van der Waals surface area contributed by atoms with Gasteiger partial charge in [-0.25, -0.2) is 13.6 Å². The highest BCUT2D eigenvalue weighted by molar-refractivity contribution is 5.74. The highest BCUT2D eigenvalue weighted by atomic mass is 19.3. The molecule has 1 aliphatic heterocycles. The SMILES string of the molecule is CC[C@H](C)CN(C)C(=O)NC1CCN(CC(F)F)CC1. The topological polar surface area (TPSA) is 35.6 Å². The van der Waals surface area contributed by atoms with Crippen LogP contribution in [-0.4, -0.2) is 61.5 Å². The molecule has 0 radical (unpaired) electrons. The first-order valence-corrected chi connectivity index (χ1v) is 7.44. The number of hydrogen-bond donors (Lipinski definition) is 1. The van der Waals surface area contributed by atoms with Gasteiger partial charge in [0.2, 0.25) is 0 Å². The van der Waals surface area contributed by atoms with E-state index in [9.17, 15) is 13.6 Å². The maximum Gasteiger partial charge on any atom is 0.317 e. The summed E-state index contributed by atoms with van der Waals surface area (Å²) in [7, 11) is 1.80. The van der Waals surface area contributed by atoms with Crippen LogP contribution in [0.25, 0.3) is 0 Å². The molecule has 0 spiro atoms. The fourth-order valence-corrected chi connectivity index (χ4v) is 2.42. The predicted molar refractivity (Wildman–Crippen MR) is 76.1 cm³/mol. The number of piperidine rings is 1. The van der Waals surface area contributed by atoms with Crippen molar-refractivity contribution in [3.63, 3.8) is 0 Å². The molecular weight excluding hydrogens is 264 g/mol. The fraction of sp³-hybridized carbons (Fsp3) is 0.929. The van der Waals surface area contributed by atoms with E-state index in [1.165, 1.54) is 0 Å². The van der Waals surface area contributed by atoms with E-state index in [0.717, 1.165) is 25.8 Å². The minimum absolute atomic E-state index is 0.0578. The summed E-state index contributed by atoms with van der Waals surface area (Å²) in [6.07, 6.45) is 0.261. The van der Waals surface area contributed by atoms with Crippen LogP contribution >= 0.6 is 0 Å². The number of likely N-dealkylation sites (tertiary alicyclic amines) is 1. The van der Waals surface area contributed by atoms with Crippen molar-refractivity contribution in [2.24, 2.45) is 5.92 Å². The van der Waals surface area contributed by atoms with Gasteiger partial charge in [0.1, 0.15) is 0 Å². The second-order valence-corrected chi connectivity index (χ2v) is 5.81. The van der Waals surface area contributed by atoms with Crippen LogP contribution in [0.3, 0.4) is 0 Å². The third-order valence-corrected chi connectivity index (χ3v) is 3.94. The number of rotatable bonds is 6. The number of alkyl halides is 2. The summed E-state index contributed by atoms with van der Waals surface area (Å²) in [6.45, 7) is 6.07. The number of amides is 2. The standard InChI is InChI=1S/C14H27F2N3O/c1-4-11(2)9-18(3)14(20)17-12-5-7-19(8-6-12)10-13(15)16/h11-13H,4-10H2,1-3H3,(H,17,20)/t11-/m0/s1. The van der Waals surface area contributed by atoms with E-state index in [0.29, 0.717) is 19.0 Å². The zero-order chi connectivity index (χ0) is 15.1. The van der Waals surface area contributed by atoms with Crippen LogP contribution in [0.15, 0.2) is 0 Å². The Kier molecular flexibility index (Phi) is 7.19. The Balaban J connectivity index is 2.27. The molecule has 1 rings (SSSR count). The van der Waals surface area contributed by atoms with Gasteiger partial charge in [-0.3, -0.25) is 4.90 Å². The Bertz CT molecular complexity index is 294. The van der Waals surface area contributed by atoms with Crippen molar-refractivity contribution >= 4 is 6.03 Å². The smallest absolute Gasteiger partial charge is 0.317 e. The molecule has 0 bridgehead atoms. The van der Waals surface area contributed by atoms with Crippen molar-refractivity contribution in [3.8, 4) is 0 Å². The second kappa shape index (κ2) is 8.39. The van der Waals surface area contributed by atoms with Crippen LogP contribution < -0.4 is 5.32 Å². The van der Waals surface area contributed by atoms with Gasteiger partial charge >= 0.3 is 6.03 Å². The zero-order valence-electron chi connectivity index (χ0n) is 12.7. The van der Waals surface area contributed by atoms with Gasteiger partial charge in [-0.1, -0.05) is 20.3 Å². The Labute approximate surface area is 120 Å². The first-order valence-electron chi connectivity index (χ1n) is 7.44. The molecule has 0 aliphatic carbocycles. The largest absolute Gasteiger partial charge is 0.335 e. The number of nitrogens with zero attached hydrogens (tertiary/aromatic N) is 2. The van der Waals surface area contributed by atoms with Crippen molar-refractivity contribution in [2.75, 3.05) is 33.2 Å². The van der Waals surface area contributed by atoms with E-state index in [1.54, 1.807) is 16.8 Å². The normalized spacial score (nSPS) is 19.1. The zero-order valence-corrected chi connectivity index (χ0v) is 12.7. The average molecular weight is 291 g/mol. The summed E-state index contributed by atoms with van der Waals surface area (Å²) in [6, 6.07) is 0.0495. The molecular formula is C14H27F2N3O. The Morgan fingerprint density at radius 1 is 1.40 bits per heavy atom. The maximum atomic E-state index is 12.3. The molecule has 1 atom stereocenters. The molecule has 0 saturated carbocycles. The maximum absolute atomic E-state index is 12.3. The minimum atomic E-state index is -2.28. The van der Waals surface area contributed by atoms with Gasteiger partial charge in [-0.05, 0) is 18.8 Å². The molecule has 4 nitrogen and oxygen atoms in total. The van der Waals surface area contributed by atoms with E-state index < -0.39 is 6.43 Å². The lowest BCUT2D eigenvalue weighted by atomic mass is 10.1. The quantitative estimate of drug-likeness (QED) is 0.815. The van der Waals surface area contributed by atoms with E-state index in [2.05, 4.69) is 19.2 Å². The molecule has 118 valence electrons. The molecule has 1 saturated heterocycles. The second-order valence-electron chi connectivity index (χ2n) is 5.81. The average Bonchev–Trinajstić information content (AvgIpc) is 2.40. The van der Waals surface area contributed by atoms with Crippen LogP contribution in [0.5, 0.6) is 0 Å². The molecule has 1 heterocycles. The van der Waals surface area contributed by atoms with Gasteiger partial charge in [-0.15, -0.1) is 0 Å². The van der Waals surface area contributed by atoms with Gasteiger partial charge in [-0.2, -0.15) is 0 Å². The third kappa shape index (κ3) is 6.03. The van der Waals surface area contributed by atoms with Crippen molar-refractivity contribution in [3.05, 3.63) is 0 Å². The molecule has 6 heteroatoms. The van der Waals surface area contributed by atoms with Crippen LogP contribution in [0, 0.1) is 5.92 Å². The van der Waals surface area contributed by atoms with E-state index in [-0.39, 0.29) is 18.6 Å². The summed E-state index contributed by atoms with van der Waals surface area (Å²) < 4.78 is 24.5. The molecule has 20 heavy (non-hydrogen) atoms. The summed E-state index contributed by atoms with van der Waals surface area (Å²) in [5, 5.41) is 2.99. The lowest BCUT2D eigenvalue weighted by Crippen LogP contribution is -2.49. The lowest BCUT2D eigenvalue weighted by Gasteiger charge is -2.33. The molecule has 1 fully saturated rings. The third-order valence-electron chi connectivity index (χ3n) is 3.94. The Morgan fingerprint density at radius 2 is 2.00 bits per heavy atom. The predicted octanol–water partition coefficient (Wildman–Crippen LogP) is 2.40. The van der Waals surface area contributed by atoms with E-state index >= 15 is 0 Å². The Hall–Kier alpha value is -0.910. The monoisotopic (exact) mass is 291 g/mol. The fourth-order valence-electron chi connectivity index (χ4n) is 2.42. The van der Waals surface area contributed by atoms with Gasteiger partial charge in [0.15, 0.2) is 0 Å². The molecule has 1 N–H and O–H groups in total. The number of carbonyl (C=O) groups excluding carboxylic acids is 1. The summed E-state index contributed by atoms with van der Waals surface area (Å²) in [5.41, 5.74) is 0. The van der Waals surface area contributed by atoms with Crippen LogP contribution in [0.4, 0.5) is 13.6 Å². The lowest BCUT2D eigenvalue weighted by molar-refractivity contribution is 0.0731. The van der Waals surface area contributed by atoms with Gasteiger partial charge < -0.3 is 10.2 Å². The van der Waals surface area contributed by atoms with E-state index in [1.807, 2.05) is 0 Å². The van der Waals surface area contributed by atoms with Crippen LogP contribution in [0.2, 0.25) is 0 Å². The van der Waals surface area contributed by atoms with Crippen molar-refractivity contribution in [1.82, 2.24) is 15.1 Å². The molecule has 0 aromatic heterocycles. The minimum Gasteiger partial charge on any atom is -0.335 e. The molecule has 0 aromatic carbocycles. The molecule has 1 aliphatic rings. The summed E-state index contributed by atoms with van der Waals surface area (Å²) in [5.74, 6) is 0.485. The van der Waals surface area contributed by atoms with Crippen molar-refractivity contribution in [2.45, 2.75) is 45.6 Å². The highest BCUT2D eigenvalue weighted by Gasteiger charge is 2.23. The van der Waals surface area contributed by atoms with Crippen LogP contribution in [0.1, 0.15) is 33.1 Å². The van der Waals surface area contributed by atoms with E-state index in [4.69, 9.17) is 0 Å². The number of hydrogen-bond acceptors (Lipinski definition) is 2. The van der Waals surface area contributed by atoms with Crippen LogP contribution in [-0.2, 0) is 0 Å².